The molecular weight excluding hydrogens is 391 g/mol. The van der Waals surface area contributed by atoms with E-state index in [-0.39, 0.29) is 12.2 Å². The van der Waals surface area contributed by atoms with Crippen molar-refractivity contribution in [3.8, 4) is 5.75 Å². The molecule has 2 nitrogen and oxygen atoms in total. The first-order chi connectivity index (χ1) is 9.52. The molecule has 0 radical (unpaired) electrons. The van der Waals surface area contributed by atoms with Crippen LogP contribution in [0.3, 0.4) is 0 Å². The molecule has 2 aromatic rings. The molecule has 106 valence electrons. The van der Waals surface area contributed by atoms with Gasteiger partial charge in [-0.15, -0.1) is 0 Å². The summed E-state index contributed by atoms with van der Waals surface area (Å²) < 4.78 is 20.7. The van der Waals surface area contributed by atoms with Crippen molar-refractivity contribution in [1.82, 2.24) is 0 Å². The van der Waals surface area contributed by atoms with Gasteiger partial charge in [-0.2, -0.15) is 0 Å². The van der Waals surface area contributed by atoms with Crippen molar-refractivity contribution in [2.24, 2.45) is 0 Å². The molecule has 0 aliphatic rings. The molecule has 0 aromatic heterocycles. The zero-order chi connectivity index (χ0) is 14.7. The second kappa shape index (κ2) is 6.70. The third-order valence-electron chi connectivity index (χ3n) is 2.99. The van der Waals surface area contributed by atoms with E-state index >= 15 is 0 Å². The Morgan fingerprint density at radius 1 is 1.25 bits per heavy atom. The highest BCUT2D eigenvalue weighted by Gasteiger charge is 2.16. The quantitative estimate of drug-likeness (QED) is 0.805. The Bertz CT molecular complexity index is 617. The molecule has 5 heteroatoms. The van der Waals surface area contributed by atoms with E-state index in [9.17, 15) is 9.50 Å². The van der Waals surface area contributed by atoms with Crippen LogP contribution in [0.25, 0.3) is 0 Å². The Morgan fingerprint density at radius 2 is 2.00 bits per heavy atom. The fourth-order valence-electron chi connectivity index (χ4n) is 1.96. The van der Waals surface area contributed by atoms with Crippen LogP contribution < -0.4 is 4.74 Å². The highest BCUT2D eigenvalue weighted by molar-refractivity contribution is 9.11. The standard InChI is InChI=1S/C15H13Br2FO2/c1-20-14-4-2-3-9(15(14)18)7-13(19)11-8-10(16)5-6-12(11)17/h2-6,8,13,19H,7H2,1H3. The third-order valence-corrected chi connectivity index (χ3v) is 4.21. The Labute approximate surface area is 133 Å². The molecule has 0 saturated carbocycles. The van der Waals surface area contributed by atoms with Gasteiger partial charge in [0.2, 0.25) is 0 Å². The maximum absolute atomic E-state index is 14.1. The maximum atomic E-state index is 14.1. The molecule has 0 aliphatic heterocycles. The van der Waals surface area contributed by atoms with Gasteiger partial charge in [0.25, 0.3) is 0 Å². The smallest absolute Gasteiger partial charge is 0.168 e. The molecule has 2 rings (SSSR count). The van der Waals surface area contributed by atoms with Gasteiger partial charge in [-0.05, 0) is 35.4 Å². The Morgan fingerprint density at radius 3 is 2.70 bits per heavy atom. The van der Waals surface area contributed by atoms with E-state index in [4.69, 9.17) is 4.74 Å². The largest absolute Gasteiger partial charge is 0.494 e. The number of hydrogen-bond acceptors (Lipinski definition) is 2. The van der Waals surface area contributed by atoms with Crippen molar-refractivity contribution < 1.29 is 14.2 Å². The summed E-state index contributed by atoms with van der Waals surface area (Å²) in [5, 5.41) is 10.3. The molecule has 0 amide bonds. The van der Waals surface area contributed by atoms with Crippen LogP contribution in [0.4, 0.5) is 4.39 Å². The van der Waals surface area contributed by atoms with Gasteiger partial charge >= 0.3 is 0 Å². The van der Waals surface area contributed by atoms with Crippen molar-refractivity contribution in [3.63, 3.8) is 0 Å². The van der Waals surface area contributed by atoms with E-state index in [1.165, 1.54) is 7.11 Å². The van der Waals surface area contributed by atoms with Gasteiger partial charge in [-0.1, -0.05) is 44.0 Å². The molecule has 0 bridgehead atoms. The molecule has 0 saturated heterocycles. The molecule has 0 heterocycles. The lowest BCUT2D eigenvalue weighted by molar-refractivity contribution is 0.176. The minimum Gasteiger partial charge on any atom is -0.494 e. The monoisotopic (exact) mass is 402 g/mol. The van der Waals surface area contributed by atoms with E-state index in [1.54, 1.807) is 18.2 Å². The van der Waals surface area contributed by atoms with Crippen LogP contribution in [0.15, 0.2) is 45.3 Å². The molecule has 1 N–H and O–H groups in total. The topological polar surface area (TPSA) is 29.5 Å². The summed E-state index contributed by atoms with van der Waals surface area (Å²) in [5.74, 6) is -0.247. The minimum absolute atomic E-state index is 0.179. The van der Waals surface area contributed by atoms with E-state index in [0.29, 0.717) is 11.1 Å². The molecule has 0 fully saturated rings. The lowest BCUT2D eigenvalue weighted by atomic mass is 10.0. The molecular formula is C15H13Br2FO2. The van der Waals surface area contributed by atoms with Gasteiger partial charge in [0.15, 0.2) is 11.6 Å². The van der Waals surface area contributed by atoms with Crippen LogP contribution in [-0.2, 0) is 6.42 Å². The predicted octanol–water partition coefficient (Wildman–Crippen LogP) is 4.64. The van der Waals surface area contributed by atoms with Crippen LogP contribution in [-0.4, -0.2) is 12.2 Å². The summed E-state index contributed by atoms with van der Waals surface area (Å²) in [4.78, 5) is 0. The van der Waals surface area contributed by atoms with Crippen molar-refractivity contribution in [2.45, 2.75) is 12.5 Å². The van der Waals surface area contributed by atoms with Crippen LogP contribution in [0.5, 0.6) is 5.75 Å². The number of rotatable bonds is 4. The van der Waals surface area contributed by atoms with Gasteiger partial charge in [0.1, 0.15) is 0 Å². The first kappa shape index (κ1) is 15.5. The lowest BCUT2D eigenvalue weighted by Crippen LogP contribution is -2.05. The van der Waals surface area contributed by atoms with Crippen molar-refractivity contribution in [1.29, 1.82) is 0 Å². The second-order valence-electron chi connectivity index (χ2n) is 4.32. The molecule has 0 aliphatic carbocycles. The van der Waals surface area contributed by atoms with Crippen LogP contribution in [0.1, 0.15) is 17.2 Å². The number of halogens is 3. The number of aliphatic hydroxyl groups excluding tert-OH is 1. The number of hydrogen-bond donors (Lipinski definition) is 1. The predicted molar refractivity (Wildman–Crippen MR) is 83.5 cm³/mol. The van der Waals surface area contributed by atoms with Gasteiger partial charge < -0.3 is 9.84 Å². The van der Waals surface area contributed by atoms with Crippen molar-refractivity contribution in [2.75, 3.05) is 7.11 Å². The van der Waals surface area contributed by atoms with Crippen molar-refractivity contribution in [3.05, 3.63) is 62.3 Å². The summed E-state index contributed by atoms with van der Waals surface area (Å²) in [7, 11) is 1.42. The number of aliphatic hydroxyl groups is 1. The van der Waals surface area contributed by atoms with Gasteiger partial charge in [-0.3, -0.25) is 0 Å². The first-order valence-electron chi connectivity index (χ1n) is 5.97. The minimum atomic E-state index is -0.802. The summed E-state index contributed by atoms with van der Waals surface area (Å²) in [6.07, 6.45) is -0.624. The molecule has 1 unspecified atom stereocenters. The molecule has 2 aromatic carbocycles. The molecule has 20 heavy (non-hydrogen) atoms. The van der Waals surface area contributed by atoms with Crippen LogP contribution in [0, 0.1) is 5.82 Å². The lowest BCUT2D eigenvalue weighted by Gasteiger charge is -2.15. The Hall–Kier alpha value is -0.910. The summed E-state index contributed by atoms with van der Waals surface area (Å²) >= 11 is 6.75. The highest BCUT2D eigenvalue weighted by Crippen LogP contribution is 2.30. The van der Waals surface area contributed by atoms with Gasteiger partial charge in [0, 0.05) is 15.4 Å². The SMILES string of the molecule is COc1cccc(CC(O)c2cc(Br)ccc2Br)c1F. The third kappa shape index (κ3) is 3.40. The van der Waals surface area contributed by atoms with Crippen LogP contribution in [0.2, 0.25) is 0 Å². The molecule has 1 atom stereocenters. The normalized spacial score (nSPS) is 12.2. The fourth-order valence-corrected chi connectivity index (χ4v) is 2.85. The highest BCUT2D eigenvalue weighted by atomic mass is 79.9. The summed E-state index contributed by atoms with van der Waals surface area (Å²) in [6.45, 7) is 0. The Kier molecular flexibility index (Phi) is 5.18. The second-order valence-corrected chi connectivity index (χ2v) is 6.09. The maximum Gasteiger partial charge on any atom is 0.168 e. The van der Waals surface area contributed by atoms with Crippen molar-refractivity contribution >= 4 is 31.9 Å². The average molecular weight is 404 g/mol. The van der Waals surface area contributed by atoms with Crippen LogP contribution >= 0.6 is 31.9 Å². The van der Waals surface area contributed by atoms with Gasteiger partial charge in [-0.25, -0.2) is 4.39 Å². The number of ether oxygens (including phenoxy) is 1. The molecule has 0 spiro atoms. The average Bonchev–Trinajstić information content (AvgIpc) is 2.43. The number of benzene rings is 2. The zero-order valence-electron chi connectivity index (χ0n) is 10.7. The van der Waals surface area contributed by atoms with E-state index in [2.05, 4.69) is 31.9 Å². The summed E-state index contributed by atoms with van der Waals surface area (Å²) in [5.41, 5.74) is 1.13. The first-order valence-corrected chi connectivity index (χ1v) is 7.56. The van der Waals surface area contributed by atoms with E-state index in [0.717, 1.165) is 8.95 Å². The fraction of sp³-hybridized carbons (Fsp3) is 0.200. The van der Waals surface area contributed by atoms with Gasteiger partial charge in [0.05, 0.1) is 13.2 Å². The van der Waals surface area contributed by atoms with E-state index < -0.39 is 11.9 Å². The Balaban J connectivity index is 2.28. The summed E-state index contributed by atoms with van der Waals surface area (Å²) in [6, 6.07) is 10.4. The zero-order valence-corrected chi connectivity index (χ0v) is 13.9. The number of methoxy groups -OCH3 is 1. The van der Waals surface area contributed by atoms with E-state index in [1.807, 2.05) is 18.2 Å².